The quantitative estimate of drug-likeness (QED) is 0.150. The molecule has 0 aliphatic carbocycles. The number of nitrogens with zero attached hydrogens (tertiary/aromatic N) is 1. The molecule has 14 nitrogen and oxygen atoms in total. The van der Waals surface area contributed by atoms with Gasteiger partial charge in [-0.15, -0.1) is 0 Å². The molecular weight excluding hydrogens is 434 g/mol. The van der Waals surface area contributed by atoms with Gasteiger partial charge >= 0.3 is 11.9 Å². The van der Waals surface area contributed by atoms with Gasteiger partial charge in [0.2, 0.25) is 11.8 Å². The monoisotopic (exact) mass is 471 g/mol. The molecule has 14 heteroatoms. The lowest BCUT2D eigenvalue weighted by atomic mass is 10.2. The molecule has 32 heavy (non-hydrogen) atoms. The van der Waals surface area contributed by atoms with Gasteiger partial charge in [0.05, 0.1) is 13.2 Å². The van der Waals surface area contributed by atoms with Gasteiger partial charge in [-0.05, 0) is 13.3 Å². The van der Waals surface area contributed by atoms with Crippen molar-refractivity contribution in [2.24, 2.45) is 11.5 Å². The number of carboxylic acid groups (broad SMARTS) is 2. The van der Waals surface area contributed by atoms with E-state index in [0.29, 0.717) is 6.42 Å². The second-order valence-corrected chi connectivity index (χ2v) is 5.91. The molecule has 0 aromatic rings. The Balaban J connectivity index is -0.000000171. The number of nitrogens with two attached hydrogens (primary N) is 2. The predicted octanol–water partition coefficient (Wildman–Crippen LogP) is -2.50. The number of primary amides is 1. The molecule has 0 aromatic heterocycles. The number of aliphatic hydroxyl groups is 3. The van der Waals surface area contributed by atoms with Gasteiger partial charge in [-0.3, -0.25) is 24.0 Å². The van der Waals surface area contributed by atoms with E-state index in [-0.39, 0.29) is 25.5 Å². The van der Waals surface area contributed by atoms with Gasteiger partial charge in [0.25, 0.3) is 5.97 Å². The Labute approximate surface area is 186 Å². The number of carbonyl (C=O) groups is 5. The smallest absolute Gasteiger partial charge is 0.324 e. The van der Waals surface area contributed by atoms with Gasteiger partial charge in [0.1, 0.15) is 18.8 Å². The highest BCUT2D eigenvalue weighted by molar-refractivity contribution is 5.76. The first-order chi connectivity index (χ1) is 14.7. The number of ether oxygens (including phenoxy) is 1. The summed E-state index contributed by atoms with van der Waals surface area (Å²) in [6.45, 7) is 7.13. The molecule has 1 aliphatic rings. The lowest BCUT2D eigenvalue weighted by Gasteiger charge is -2.16. The first kappa shape index (κ1) is 36.6. The summed E-state index contributed by atoms with van der Waals surface area (Å²) in [6.07, 6.45) is 0.182. The normalized spacial score (nSPS) is 12.2. The molecular formula is C18H37N3O11. The topological polar surface area (TPSA) is 251 Å². The zero-order valence-corrected chi connectivity index (χ0v) is 18.9. The van der Waals surface area contributed by atoms with E-state index in [2.05, 4.69) is 5.73 Å². The maximum absolute atomic E-state index is 10.9. The Morgan fingerprint density at radius 1 is 1.00 bits per heavy atom. The average Bonchev–Trinajstić information content (AvgIpc) is 3.53. The zero-order chi connectivity index (χ0) is 26.3. The van der Waals surface area contributed by atoms with Gasteiger partial charge in [0, 0.05) is 33.4 Å². The van der Waals surface area contributed by atoms with Crippen LogP contribution in [0.25, 0.3) is 0 Å². The van der Waals surface area contributed by atoms with Gasteiger partial charge in [-0.1, -0.05) is 6.92 Å². The van der Waals surface area contributed by atoms with E-state index < -0.39 is 42.6 Å². The third-order valence-electron chi connectivity index (χ3n) is 2.71. The van der Waals surface area contributed by atoms with E-state index in [9.17, 15) is 19.2 Å². The summed E-state index contributed by atoms with van der Waals surface area (Å²) in [5.41, 5.74) is 9.63. The molecule has 0 bridgehead atoms. The van der Waals surface area contributed by atoms with Crippen LogP contribution in [-0.4, -0.2) is 105 Å². The summed E-state index contributed by atoms with van der Waals surface area (Å²) in [7, 11) is 0. The second-order valence-electron chi connectivity index (χ2n) is 5.91. The summed E-state index contributed by atoms with van der Waals surface area (Å²) in [5.74, 6) is -2.90. The van der Waals surface area contributed by atoms with E-state index in [0.717, 1.165) is 20.0 Å². The van der Waals surface area contributed by atoms with Crippen LogP contribution in [0.4, 0.5) is 0 Å². The summed E-state index contributed by atoms with van der Waals surface area (Å²) in [6, 6.07) is -1.15. The molecule has 190 valence electrons. The van der Waals surface area contributed by atoms with Crippen LogP contribution in [0.3, 0.4) is 0 Å². The molecule has 1 fully saturated rings. The number of carbonyl (C=O) groups excluding carboxylic acids is 3. The molecule has 1 aliphatic heterocycles. The fourth-order valence-electron chi connectivity index (χ4n) is 1.11. The molecule has 0 aromatic carbocycles. The number of rotatable bonds is 7. The molecule has 0 radical (unpaired) electrons. The van der Waals surface area contributed by atoms with Crippen molar-refractivity contribution in [3.8, 4) is 0 Å². The van der Waals surface area contributed by atoms with Gasteiger partial charge < -0.3 is 46.6 Å². The second kappa shape index (κ2) is 24.5. The number of hydrogen-bond donors (Lipinski definition) is 7. The van der Waals surface area contributed by atoms with Crippen LogP contribution in [0.2, 0.25) is 0 Å². The number of amides is 2. The Bertz CT molecular complexity index is 534. The molecule has 1 saturated heterocycles. The number of hydrogen-bond acceptors (Lipinski definition) is 10. The Morgan fingerprint density at radius 3 is 1.53 bits per heavy atom. The van der Waals surface area contributed by atoms with Gasteiger partial charge in [-0.2, -0.15) is 0 Å². The number of aliphatic carboxylic acids is 2. The van der Waals surface area contributed by atoms with Crippen molar-refractivity contribution in [1.29, 1.82) is 0 Å². The van der Waals surface area contributed by atoms with Crippen LogP contribution in [-0.2, 0) is 28.7 Å². The van der Waals surface area contributed by atoms with E-state index in [1.807, 2.05) is 6.92 Å². The van der Waals surface area contributed by atoms with Crippen molar-refractivity contribution in [3.63, 3.8) is 0 Å². The minimum atomic E-state index is -1.17. The van der Waals surface area contributed by atoms with Crippen molar-refractivity contribution < 1.29 is 54.2 Å². The molecule has 0 saturated carbocycles. The summed E-state index contributed by atoms with van der Waals surface area (Å²) in [5, 5.41) is 38.8. The van der Waals surface area contributed by atoms with Crippen LogP contribution in [0.1, 0.15) is 40.5 Å². The highest BCUT2D eigenvalue weighted by Crippen LogP contribution is 2.01. The average molecular weight is 472 g/mol. The first-order valence-corrected chi connectivity index (χ1v) is 9.45. The number of aliphatic hydroxyl groups excluding tert-OH is 3. The minimum Gasteiger partial charge on any atom is -0.481 e. The first-order valence-electron chi connectivity index (χ1n) is 9.45. The fourth-order valence-corrected chi connectivity index (χ4v) is 1.11. The van der Waals surface area contributed by atoms with Crippen molar-refractivity contribution in [1.82, 2.24) is 4.90 Å². The molecule has 1 heterocycles. The largest absolute Gasteiger partial charge is 0.481 e. The highest BCUT2D eigenvalue weighted by Gasteiger charge is 2.23. The number of carboxylic acids is 2. The molecule has 2 atom stereocenters. The van der Waals surface area contributed by atoms with E-state index >= 15 is 0 Å². The Kier molecular flexibility index (Phi) is 27.9. The van der Waals surface area contributed by atoms with Crippen molar-refractivity contribution >= 4 is 29.7 Å². The molecule has 0 spiro atoms. The van der Waals surface area contributed by atoms with E-state index in [1.54, 1.807) is 11.8 Å². The molecule has 9 N–H and O–H groups in total. The predicted molar refractivity (Wildman–Crippen MR) is 112 cm³/mol. The third-order valence-corrected chi connectivity index (χ3v) is 2.71. The molecule has 2 amide bonds. The van der Waals surface area contributed by atoms with Crippen molar-refractivity contribution in [2.75, 3.05) is 32.9 Å². The highest BCUT2D eigenvalue weighted by atomic mass is 16.5. The third kappa shape index (κ3) is 37.9. The molecule has 0 unspecified atom stereocenters. The van der Waals surface area contributed by atoms with Crippen molar-refractivity contribution in [2.45, 2.75) is 52.7 Å². The molecule has 1 rings (SSSR count). The van der Waals surface area contributed by atoms with Crippen LogP contribution in [0, 0.1) is 0 Å². The minimum absolute atomic E-state index is 0.125. The summed E-state index contributed by atoms with van der Waals surface area (Å²) < 4.78 is 4.77. The Hall–Kier alpha value is -2.81. The lowest BCUT2D eigenvalue weighted by Crippen LogP contribution is -2.42. The summed E-state index contributed by atoms with van der Waals surface area (Å²) >= 11 is 0. The van der Waals surface area contributed by atoms with Gasteiger partial charge in [0.15, 0.2) is 0 Å². The standard InChI is InChI=1S/C8H15NO4.C4H7NO.C2H5NO2.C2H4O2.C2H6O2/c1-3-4-6(10)13-5(2)7(9)8(11)12;1-4(6)5-2-3-5;3-2(5)1-4;1-2(3)4;3-1-2-4/h5,7H,3-4,9H2,1-2H3,(H,11,12);2-3H2,1H3;4H,1H2,(H2,3,5);1H3,(H,3,4);3-4H,1-2H2/t5-,7+;;;;/m1..../s1. The van der Waals surface area contributed by atoms with Gasteiger partial charge in [-0.25, -0.2) is 0 Å². The Morgan fingerprint density at radius 2 is 1.38 bits per heavy atom. The fraction of sp³-hybridized carbons (Fsp3) is 0.722. The number of esters is 1. The van der Waals surface area contributed by atoms with E-state index in [1.165, 1.54) is 6.92 Å². The van der Waals surface area contributed by atoms with Crippen molar-refractivity contribution in [3.05, 3.63) is 0 Å². The van der Waals surface area contributed by atoms with Crippen LogP contribution in [0.5, 0.6) is 0 Å². The van der Waals surface area contributed by atoms with Crippen LogP contribution >= 0.6 is 0 Å². The summed E-state index contributed by atoms with van der Waals surface area (Å²) in [4.78, 5) is 51.5. The lowest BCUT2D eigenvalue weighted by molar-refractivity contribution is -0.153. The maximum Gasteiger partial charge on any atom is 0.324 e. The zero-order valence-electron chi connectivity index (χ0n) is 18.9. The van der Waals surface area contributed by atoms with E-state index in [4.69, 9.17) is 40.8 Å². The maximum atomic E-state index is 10.9. The van der Waals surface area contributed by atoms with Crippen LogP contribution < -0.4 is 11.5 Å². The SMILES string of the molecule is CC(=O)N1CC1.CC(=O)O.CCCC(=O)O[C@H](C)[C@H](N)C(=O)O.NC(=O)CO.OCCO. The van der Waals surface area contributed by atoms with Crippen LogP contribution in [0.15, 0.2) is 0 Å².